The van der Waals surface area contributed by atoms with Crippen molar-refractivity contribution < 1.29 is 24.4 Å². The van der Waals surface area contributed by atoms with Crippen LogP contribution in [0.5, 0.6) is 0 Å². The maximum absolute atomic E-state index is 13.8. The van der Waals surface area contributed by atoms with E-state index in [0.717, 1.165) is 36.0 Å². The van der Waals surface area contributed by atoms with Gasteiger partial charge in [-0.2, -0.15) is 0 Å². The Morgan fingerprint density at radius 1 is 0.927 bits per heavy atom. The van der Waals surface area contributed by atoms with Gasteiger partial charge in [-0.3, -0.25) is 14.9 Å². The van der Waals surface area contributed by atoms with Gasteiger partial charge >= 0.3 is 12.0 Å². The van der Waals surface area contributed by atoms with Crippen LogP contribution in [0.4, 0.5) is 21.9 Å². The number of aliphatic carboxylic acids is 1. The number of anilines is 2. The number of hydrogen-bond acceptors (Lipinski definition) is 5. The van der Waals surface area contributed by atoms with Crippen molar-refractivity contribution in [3.05, 3.63) is 87.0 Å². The third-order valence-electron chi connectivity index (χ3n) is 7.52. The first-order valence-electron chi connectivity index (χ1n) is 13.6. The fraction of sp³-hybridized carbons (Fsp3) is 0.323. The lowest BCUT2D eigenvalue weighted by atomic mass is 9.83. The Bertz CT molecular complexity index is 1460. The molecule has 0 aliphatic heterocycles. The molecular weight excluding hydrogens is 524 g/mol. The maximum atomic E-state index is 13.8. The molecule has 1 fully saturated rings. The summed E-state index contributed by atoms with van der Waals surface area (Å²) in [7, 11) is 0. The van der Waals surface area contributed by atoms with Gasteiger partial charge in [-0.15, -0.1) is 0 Å². The van der Waals surface area contributed by atoms with Crippen LogP contribution in [0, 0.1) is 36.8 Å². The van der Waals surface area contributed by atoms with E-state index >= 15 is 0 Å². The standard InChI is InChI=1S/C31H34N4O6/c1-18-16-19(2)27(20(3)17-18)34-31(39)32-25-11-7-10-24(21-12-14-23(15-13-21)35(40)41)26(25)29(36)33-28(30(37)38)22-8-5-4-6-9-22/h7,10-17,22,28H,4-6,8-9H2,1-3H3,(H,33,36)(H,37,38)(H2,32,34,39)/t28-/m0/s1. The van der Waals surface area contributed by atoms with Crippen LogP contribution in [0.25, 0.3) is 11.1 Å². The van der Waals surface area contributed by atoms with Crippen LogP contribution in [0.3, 0.4) is 0 Å². The summed E-state index contributed by atoms with van der Waals surface area (Å²) < 4.78 is 0. The number of rotatable bonds is 8. The minimum absolute atomic E-state index is 0.0657. The van der Waals surface area contributed by atoms with Crippen LogP contribution in [-0.2, 0) is 4.79 Å². The minimum Gasteiger partial charge on any atom is -0.480 e. The number of nitrogens with zero attached hydrogens (tertiary/aromatic N) is 1. The van der Waals surface area contributed by atoms with Gasteiger partial charge in [0.2, 0.25) is 0 Å². The molecule has 0 aromatic heterocycles. The van der Waals surface area contributed by atoms with E-state index in [1.807, 2.05) is 32.9 Å². The van der Waals surface area contributed by atoms with Crippen LogP contribution >= 0.6 is 0 Å². The molecule has 3 amide bonds. The molecule has 0 bridgehead atoms. The molecule has 41 heavy (non-hydrogen) atoms. The van der Waals surface area contributed by atoms with Gasteiger partial charge in [-0.1, -0.05) is 49.1 Å². The van der Waals surface area contributed by atoms with Gasteiger partial charge in [0.15, 0.2) is 0 Å². The summed E-state index contributed by atoms with van der Waals surface area (Å²) in [6.45, 7) is 5.75. The van der Waals surface area contributed by atoms with Gasteiger partial charge in [0.05, 0.1) is 16.2 Å². The monoisotopic (exact) mass is 558 g/mol. The van der Waals surface area contributed by atoms with Crippen LogP contribution in [-0.4, -0.2) is 34.0 Å². The van der Waals surface area contributed by atoms with Crippen molar-refractivity contribution >= 4 is 35.0 Å². The molecule has 4 rings (SSSR count). The molecule has 0 heterocycles. The van der Waals surface area contributed by atoms with E-state index in [1.165, 1.54) is 24.3 Å². The van der Waals surface area contributed by atoms with Crippen molar-refractivity contribution in [2.45, 2.75) is 58.9 Å². The summed E-state index contributed by atoms with van der Waals surface area (Å²) in [5, 5.41) is 29.5. The highest BCUT2D eigenvalue weighted by molar-refractivity contribution is 6.11. The highest BCUT2D eigenvalue weighted by Crippen LogP contribution is 2.33. The molecule has 10 nitrogen and oxygen atoms in total. The number of benzene rings is 3. The lowest BCUT2D eigenvalue weighted by molar-refractivity contribution is -0.384. The molecule has 0 spiro atoms. The van der Waals surface area contributed by atoms with E-state index in [4.69, 9.17) is 0 Å². The van der Waals surface area contributed by atoms with Crippen LogP contribution in [0.15, 0.2) is 54.6 Å². The molecule has 0 unspecified atom stereocenters. The normalized spacial score (nSPS) is 14.1. The molecule has 4 N–H and O–H groups in total. The summed E-state index contributed by atoms with van der Waals surface area (Å²) in [6, 6.07) is 12.8. The second-order valence-electron chi connectivity index (χ2n) is 10.6. The first kappa shape index (κ1) is 29.3. The molecule has 10 heteroatoms. The number of nitro benzene ring substituents is 1. The molecule has 1 atom stereocenters. The Labute approximate surface area is 238 Å². The first-order chi connectivity index (χ1) is 19.5. The van der Waals surface area contributed by atoms with Crippen LogP contribution in [0.1, 0.15) is 59.2 Å². The molecule has 1 aliphatic rings. The van der Waals surface area contributed by atoms with Gasteiger partial charge in [0, 0.05) is 17.8 Å². The third kappa shape index (κ3) is 6.89. The number of carbonyl (C=O) groups is 3. The third-order valence-corrected chi connectivity index (χ3v) is 7.52. The Kier molecular flexibility index (Phi) is 9.01. The lowest BCUT2D eigenvalue weighted by Gasteiger charge is -2.28. The zero-order valence-electron chi connectivity index (χ0n) is 23.3. The zero-order chi connectivity index (χ0) is 29.7. The highest BCUT2D eigenvalue weighted by atomic mass is 16.6. The van der Waals surface area contributed by atoms with Crippen LogP contribution in [0.2, 0.25) is 0 Å². The van der Waals surface area contributed by atoms with Crippen molar-refractivity contribution in [1.29, 1.82) is 0 Å². The number of carboxylic acids is 1. The number of amides is 3. The van der Waals surface area contributed by atoms with Crippen LogP contribution < -0.4 is 16.0 Å². The molecule has 0 radical (unpaired) electrons. The number of carboxylic acid groups (broad SMARTS) is 1. The van der Waals surface area contributed by atoms with E-state index < -0.39 is 28.9 Å². The summed E-state index contributed by atoms with van der Waals surface area (Å²) in [4.78, 5) is 49.9. The number of urea groups is 1. The Morgan fingerprint density at radius 2 is 1.56 bits per heavy atom. The van der Waals surface area contributed by atoms with E-state index in [2.05, 4.69) is 16.0 Å². The average Bonchev–Trinajstić information content (AvgIpc) is 2.93. The molecule has 0 saturated heterocycles. The molecule has 3 aromatic carbocycles. The lowest BCUT2D eigenvalue weighted by Crippen LogP contribution is -2.46. The topological polar surface area (TPSA) is 151 Å². The number of nitro groups is 1. The van der Waals surface area contributed by atoms with Gasteiger partial charge < -0.3 is 21.1 Å². The number of carbonyl (C=O) groups excluding carboxylic acids is 2. The minimum atomic E-state index is -1.12. The largest absolute Gasteiger partial charge is 0.480 e. The number of hydrogen-bond donors (Lipinski definition) is 4. The fourth-order valence-electron chi connectivity index (χ4n) is 5.61. The summed E-state index contributed by atoms with van der Waals surface area (Å²) in [5.41, 5.74) is 4.49. The van der Waals surface area contributed by atoms with E-state index in [1.54, 1.807) is 18.2 Å². The highest BCUT2D eigenvalue weighted by Gasteiger charge is 2.32. The predicted octanol–water partition coefficient (Wildman–Crippen LogP) is 6.59. The summed E-state index contributed by atoms with van der Waals surface area (Å²) >= 11 is 0. The quantitative estimate of drug-likeness (QED) is 0.181. The number of non-ortho nitro benzene ring substituents is 1. The second kappa shape index (κ2) is 12.6. The van der Waals surface area contributed by atoms with Crippen molar-refractivity contribution in [3.8, 4) is 11.1 Å². The van der Waals surface area contributed by atoms with Crippen molar-refractivity contribution in [2.24, 2.45) is 5.92 Å². The van der Waals surface area contributed by atoms with Gasteiger partial charge in [-0.05, 0) is 80.0 Å². The molecular formula is C31H34N4O6. The summed E-state index contributed by atoms with van der Waals surface area (Å²) in [5.74, 6) is -1.98. The van der Waals surface area contributed by atoms with E-state index in [9.17, 15) is 29.6 Å². The van der Waals surface area contributed by atoms with Crippen molar-refractivity contribution in [2.75, 3.05) is 10.6 Å². The Balaban J connectivity index is 1.71. The Hall–Kier alpha value is -4.73. The molecule has 214 valence electrons. The van der Waals surface area contributed by atoms with E-state index in [-0.39, 0.29) is 22.9 Å². The zero-order valence-corrected chi connectivity index (χ0v) is 23.3. The Morgan fingerprint density at radius 3 is 2.15 bits per heavy atom. The van der Waals surface area contributed by atoms with E-state index in [0.29, 0.717) is 29.7 Å². The van der Waals surface area contributed by atoms with Gasteiger partial charge in [0.25, 0.3) is 11.6 Å². The smallest absolute Gasteiger partial charge is 0.326 e. The van der Waals surface area contributed by atoms with Gasteiger partial charge in [-0.25, -0.2) is 9.59 Å². The van der Waals surface area contributed by atoms with Crippen molar-refractivity contribution in [1.82, 2.24) is 5.32 Å². The van der Waals surface area contributed by atoms with Crippen molar-refractivity contribution in [3.63, 3.8) is 0 Å². The molecule has 1 aliphatic carbocycles. The molecule has 1 saturated carbocycles. The number of nitrogens with one attached hydrogen (secondary N) is 3. The first-order valence-corrected chi connectivity index (χ1v) is 13.6. The molecule has 3 aromatic rings. The maximum Gasteiger partial charge on any atom is 0.326 e. The average molecular weight is 559 g/mol. The SMILES string of the molecule is Cc1cc(C)c(NC(=O)Nc2cccc(-c3ccc([N+](=O)[O-])cc3)c2C(=O)N[C@H](C(=O)O)C2CCCCC2)c(C)c1. The fourth-order valence-corrected chi connectivity index (χ4v) is 5.61. The number of aryl methyl sites for hydroxylation is 3. The second-order valence-corrected chi connectivity index (χ2v) is 10.6. The van der Waals surface area contributed by atoms with Gasteiger partial charge in [0.1, 0.15) is 6.04 Å². The summed E-state index contributed by atoms with van der Waals surface area (Å²) in [6.07, 6.45) is 4.22. The predicted molar refractivity (Wildman–Crippen MR) is 157 cm³/mol.